The zero-order chi connectivity index (χ0) is 19.1. The van der Waals surface area contributed by atoms with Gasteiger partial charge in [-0.05, 0) is 12.1 Å². The van der Waals surface area contributed by atoms with Gasteiger partial charge in [-0.1, -0.05) is 41.9 Å². The van der Waals surface area contributed by atoms with E-state index in [1.165, 1.54) is 12.1 Å². The van der Waals surface area contributed by atoms with Gasteiger partial charge in [-0.3, -0.25) is 24.5 Å². The number of hydrogen-bond acceptors (Lipinski definition) is 6. The first-order chi connectivity index (χ1) is 12.4. The Hall–Kier alpha value is -3.26. The molecule has 134 valence electrons. The molecule has 0 aliphatic heterocycles. The first-order valence-electron chi connectivity index (χ1n) is 7.34. The number of nitrogens with one attached hydrogen (secondary N) is 1. The maximum atomic E-state index is 11.9. The van der Waals surface area contributed by atoms with Gasteiger partial charge in [-0.15, -0.1) is 0 Å². The summed E-state index contributed by atoms with van der Waals surface area (Å²) in [4.78, 5) is 45.5. The number of rotatable bonds is 7. The highest BCUT2D eigenvalue weighted by molar-refractivity contribution is 6.32. The number of nitrogens with zero attached hydrogens (tertiary/aromatic N) is 1. The smallest absolute Gasteiger partial charge is 0.325 e. The Morgan fingerprint density at radius 3 is 2.42 bits per heavy atom. The normalized spacial score (nSPS) is 10.0. The quantitative estimate of drug-likeness (QED) is 0.343. The fraction of sp³-hybridized carbons (Fsp3) is 0.118. The van der Waals surface area contributed by atoms with Crippen molar-refractivity contribution in [2.24, 2.45) is 0 Å². The highest BCUT2D eigenvalue weighted by Gasteiger charge is 2.17. The van der Waals surface area contributed by atoms with E-state index in [1.54, 1.807) is 30.3 Å². The number of benzene rings is 2. The molecule has 0 radical (unpaired) electrons. The molecule has 0 aromatic heterocycles. The van der Waals surface area contributed by atoms with E-state index >= 15 is 0 Å². The second-order valence-electron chi connectivity index (χ2n) is 5.06. The van der Waals surface area contributed by atoms with Crippen molar-refractivity contribution in [3.63, 3.8) is 0 Å². The Bertz CT molecular complexity index is 854. The third kappa shape index (κ3) is 5.12. The van der Waals surface area contributed by atoms with Crippen LogP contribution in [0.25, 0.3) is 0 Å². The Morgan fingerprint density at radius 2 is 1.77 bits per heavy atom. The molecular formula is C17H13ClN2O6. The van der Waals surface area contributed by atoms with E-state index in [4.69, 9.17) is 16.3 Å². The van der Waals surface area contributed by atoms with Crippen molar-refractivity contribution >= 4 is 34.9 Å². The molecule has 0 aliphatic carbocycles. The lowest BCUT2D eigenvalue weighted by Crippen LogP contribution is -2.31. The van der Waals surface area contributed by atoms with Crippen LogP contribution in [-0.4, -0.2) is 35.7 Å². The van der Waals surface area contributed by atoms with Crippen LogP contribution in [-0.2, 0) is 9.53 Å². The summed E-state index contributed by atoms with van der Waals surface area (Å²) < 4.78 is 4.79. The predicted molar refractivity (Wildman–Crippen MR) is 92.2 cm³/mol. The summed E-state index contributed by atoms with van der Waals surface area (Å²) in [7, 11) is 0. The van der Waals surface area contributed by atoms with Crippen molar-refractivity contribution in [3.05, 3.63) is 74.8 Å². The summed E-state index contributed by atoms with van der Waals surface area (Å²) in [5.74, 6) is -1.90. The summed E-state index contributed by atoms with van der Waals surface area (Å²) >= 11 is 5.67. The van der Waals surface area contributed by atoms with Crippen LogP contribution in [0.1, 0.15) is 20.7 Å². The van der Waals surface area contributed by atoms with Gasteiger partial charge in [0.2, 0.25) is 0 Å². The Balaban J connectivity index is 1.85. The molecule has 26 heavy (non-hydrogen) atoms. The molecule has 0 aliphatic rings. The molecule has 0 saturated carbocycles. The highest BCUT2D eigenvalue weighted by Crippen LogP contribution is 2.24. The first-order valence-corrected chi connectivity index (χ1v) is 7.72. The minimum atomic E-state index is -0.814. The zero-order valence-electron chi connectivity index (χ0n) is 13.3. The standard InChI is InChI=1S/C17H13ClN2O6/c18-13-7-6-12(8-14(13)20(24)25)17(23)19-9-16(22)26-10-15(21)11-4-2-1-3-5-11/h1-8H,9-10H2,(H,19,23). The summed E-state index contributed by atoms with van der Waals surface area (Å²) in [5, 5.41) is 13.0. The third-order valence-corrected chi connectivity index (χ3v) is 3.58. The number of esters is 1. The number of amides is 1. The minimum Gasteiger partial charge on any atom is -0.456 e. The molecule has 0 spiro atoms. The number of hydrogen-bond donors (Lipinski definition) is 1. The molecule has 1 amide bonds. The van der Waals surface area contributed by atoms with Gasteiger partial charge in [-0.25, -0.2) is 0 Å². The van der Waals surface area contributed by atoms with Gasteiger partial charge >= 0.3 is 5.97 Å². The van der Waals surface area contributed by atoms with Crippen molar-refractivity contribution in [1.82, 2.24) is 5.32 Å². The van der Waals surface area contributed by atoms with Crippen LogP contribution in [0.15, 0.2) is 48.5 Å². The van der Waals surface area contributed by atoms with Crippen molar-refractivity contribution < 1.29 is 24.0 Å². The van der Waals surface area contributed by atoms with Gasteiger partial charge in [0.25, 0.3) is 11.6 Å². The van der Waals surface area contributed by atoms with Crippen LogP contribution < -0.4 is 5.32 Å². The number of ether oxygens (including phenoxy) is 1. The van der Waals surface area contributed by atoms with E-state index in [0.29, 0.717) is 5.56 Å². The molecule has 0 heterocycles. The maximum Gasteiger partial charge on any atom is 0.325 e. The molecular weight excluding hydrogens is 364 g/mol. The molecule has 2 aromatic rings. The second-order valence-corrected chi connectivity index (χ2v) is 5.46. The van der Waals surface area contributed by atoms with Crippen molar-refractivity contribution in [2.75, 3.05) is 13.2 Å². The lowest BCUT2D eigenvalue weighted by molar-refractivity contribution is -0.384. The number of carbonyl (C=O) groups excluding carboxylic acids is 3. The third-order valence-electron chi connectivity index (χ3n) is 3.26. The summed E-state index contributed by atoms with van der Waals surface area (Å²) in [6.45, 7) is -0.942. The second kappa shape index (κ2) is 8.72. The van der Waals surface area contributed by atoms with Crippen LogP contribution in [0.4, 0.5) is 5.69 Å². The monoisotopic (exact) mass is 376 g/mol. The van der Waals surface area contributed by atoms with E-state index in [-0.39, 0.29) is 16.4 Å². The molecule has 1 N–H and O–H groups in total. The van der Waals surface area contributed by atoms with Gasteiger partial charge in [0.1, 0.15) is 11.6 Å². The Labute approximate surface area is 152 Å². The SMILES string of the molecule is O=C(CNC(=O)c1ccc(Cl)c([N+](=O)[O-])c1)OCC(=O)c1ccccc1. The molecule has 0 atom stereocenters. The van der Waals surface area contributed by atoms with Gasteiger partial charge in [-0.2, -0.15) is 0 Å². The number of nitro groups is 1. The van der Waals surface area contributed by atoms with E-state index < -0.39 is 35.6 Å². The minimum absolute atomic E-state index is 0.0331. The molecule has 0 bridgehead atoms. The molecule has 0 saturated heterocycles. The lowest BCUT2D eigenvalue weighted by atomic mass is 10.1. The molecule has 8 nitrogen and oxygen atoms in total. The van der Waals surface area contributed by atoms with Gasteiger partial charge < -0.3 is 10.1 Å². The fourth-order valence-electron chi connectivity index (χ4n) is 1.95. The first kappa shape index (κ1) is 19.1. The number of carbonyl (C=O) groups is 3. The topological polar surface area (TPSA) is 116 Å². The molecule has 2 aromatic carbocycles. The Kier molecular flexibility index (Phi) is 6.40. The average Bonchev–Trinajstić information content (AvgIpc) is 2.64. The Morgan fingerprint density at radius 1 is 1.08 bits per heavy atom. The van der Waals surface area contributed by atoms with Crippen LogP contribution >= 0.6 is 11.6 Å². The van der Waals surface area contributed by atoms with Crippen LogP contribution in [0, 0.1) is 10.1 Å². The van der Waals surface area contributed by atoms with Crippen LogP contribution in [0.2, 0.25) is 5.02 Å². The molecule has 9 heteroatoms. The van der Waals surface area contributed by atoms with Crippen LogP contribution in [0.3, 0.4) is 0 Å². The molecule has 0 fully saturated rings. The lowest BCUT2D eigenvalue weighted by Gasteiger charge is -2.06. The van der Waals surface area contributed by atoms with Crippen molar-refractivity contribution in [1.29, 1.82) is 0 Å². The number of nitro benzene ring substituents is 1. The predicted octanol–water partition coefficient (Wildman–Crippen LogP) is 2.40. The van der Waals surface area contributed by atoms with Gasteiger partial charge in [0.15, 0.2) is 12.4 Å². The van der Waals surface area contributed by atoms with Crippen molar-refractivity contribution in [3.8, 4) is 0 Å². The zero-order valence-corrected chi connectivity index (χ0v) is 14.1. The number of ketones is 1. The van der Waals surface area contributed by atoms with E-state index in [0.717, 1.165) is 6.07 Å². The summed E-state index contributed by atoms with van der Waals surface area (Å²) in [6, 6.07) is 11.8. The molecule has 2 rings (SSSR count). The largest absolute Gasteiger partial charge is 0.456 e. The number of halogens is 1. The van der Waals surface area contributed by atoms with E-state index in [9.17, 15) is 24.5 Å². The maximum absolute atomic E-state index is 11.9. The van der Waals surface area contributed by atoms with E-state index in [1.807, 2.05) is 0 Å². The highest BCUT2D eigenvalue weighted by atomic mass is 35.5. The van der Waals surface area contributed by atoms with E-state index in [2.05, 4.69) is 5.32 Å². The van der Waals surface area contributed by atoms with Crippen molar-refractivity contribution in [2.45, 2.75) is 0 Å². The number of Topliss-reactive ketones (excluding diaryl/α,β-unsaturated/α-hetero) is 1. The average molecular weight is 377 g/mol. The summed E-state index contributed by atoms with van der Waals surface area (Å²) in [6.07, 6.45) is 0. The fourth-order valence-corrected chi connectivity index (χ4v) is 2.14. The van der Waals surface area contributed by atoms with Crippen LogP contribution in [0.5, 0.6) is 0 Å². The summed E-state index contributed by atoms with van der Waals surface area (Å²) in [5.41, 5.74) is -0.0533. The molecule has 0 unspecified atom stereocenters. The van der Waals surface area contributed by atoms with Gasteiger partial charge in [0, 0.05) is 17.2 Å². The van der Waals surface area contributed by atoms with Gasteiger partial charge in [0.05, 0.1) is 4.92 Å².